The minimum Gasteiger partial charge on any atom is -0.284 e. The van der Waals surface area contributed by atoms with Crippen LogP contribution >= 0.6 is 7.82 Å². The van der Waals surface area contributed by atoms with E-state index in [1.807, 2.05) is 0 Å². The lowest BCUT2D eigenvalue weighted by Crippen LogP contribution is -2.17. The molecule has 0 spiro atoms. The van der Waals surface area contributed by atoms with E-state index in [1.54, 1.807) is 0 Å². The highest BCUT2D eigenvalue weighted by molar-refractivity contribution is 7.82. The molecular weight excluding hydrogens is 251 g/mol. The minimum absolute atomic E-state index is 0.164. The van der Waals surface area contributed by atoms with Gasteiger partial charge in [-0.2, -0.15) is 8.42 Å². The number of hydrogen-bond acceptors (Lipinski definition) is 8. The van der Waals surface area contributed by atoms with Crippen LogP contribution in [0.15, 0.2) is 0 Å². The van der Waals surface area contributed by atoms with Crippen LogP contribution in [0.1, 0.15) is 0 Å². The molecule has 10 heteroatoms. The first-order valence-electron chi connectivity index (χ1n) is 4.10. The van der Waals surface area contributed by atoms with Crippen LogP contribution < -0.4 is 0 Å². The van der Waals surface area contributed by atoms with Gasteiger partial charge in [-0.15, -0.1) is 0 Å². The largest absolute Gasteiger partial charge is 0.475 e. The van der Waals surface area contributed by atoms with Crippen LogP contribution in [-0.2, 0) is 36.9 Å². The van der Waals surface area contributed by atoms with Gasteiger partial charge in [0.15, 0.2) is 0 Å². The van der Waals surface area contributed by atoms with Crippen LogP contribution in [0.3, 0.4) is 0 Å². The maximum absolute atomic E-state index is 11.4. The van der Waals surface area contributed by atoms with Crippen molar-refractivity contribution in [2.24, 2.45) is 0 Å². The van der Waals surface area contributed by atoms with Crippen LogP contribution in [0.25, 0.3) is 0 Å². The molecule has 0 N–H and O–H groups in total. The van der Waals surface area contributed by atoms with Gasteiger partial charge < -0.3 is 0 Å². The predicted molar refractivity (Wildman–Crippen MR) is 45.2 cm³/mol. The summed E-state index contributed by atoms with van der Waals surface area (Å²) in [5, 5.41) is 0. The number of hydrogen-bond donors (Lipinski definition) is 0. The molecule has 0 bridgehead atoms. The molecule has 8 nitrogen and oxygen atoms in total. The van der Waals surface area contributed by atoms with E-state index in [2.05, 4.69) is 8.37 Å². The van der Waals surface area contributed by atoms with Gasteiger partial charge in [-0.1, -0.05) is 0 Å². The lowest BCUT2D eigenvalue weighted by Gasteiger charge is -2.11. The zero-order chi connectivity index (χ0) is 10.9. The molecule has 2 heterocycles. The van der Waals surface area contributed by atoms with Crippen LogP contribution in [0.4, 0.5) is 0 Å². The molecule has 88 valence electrons. The maximum atomic E-state index is 11.4. The Morgan fingerprint density at radius 1 is 1.33 bits per heavy atom. The van der Waals surface area contributed by atoms with E-state index in [0.717, 1.165) is 0 Å². The third-order valence-electron chi connectivity index (χ3n) is 1.65. The maximum Gasteiger partial charge on any atom is 0.475 e. The topological polar surface area (TPSA) is 97.4 Å². The Hall–Kier alpha value is -0.0200. The van der Waals surface area contributed by atoms with Crippen LogP contribution in [0.5, 0.6) is 0 Å². The summed E-state index contributed by atoms with van der Waals surface area (Å²) in [7, 11) is -7.41. The molecule has 1 unspecified atom stereocenters. The fraction of sp³-hybridized carbons (Fsp3) is 1.00. The average Bonchev–Trinajstić information content (AvgIpc) is 2.70. The molecule has 2 rings (SSSR count). The van der Waals surface area contributed by atoms with Crippen molar-refractivity contribution in [2.45, 2.75) is 6.10 Å². The van der Waals surface area contributed by atoms with Gasteiger partial charge in [0.2, 0.25) is 0 Å². The van der Waals surface area contributed by atoms with Crippen molar-refractivity contribution in [2.75, 3.05) is 26.4 Å². The van der Waals surface area contributed by atoms with Crippen molar-refractivity contribution in [3.8, 4) is 0 Å². The summed E-state index contributed by atoms with van der Waals surface area (Å²) in [5.41, 5.74) is 0. The Balaban J connectivity index is 1.82. The highest BCUT2D eigenvalue weighted by Gasteiger charge is 2.36. The number of phosphoric acid groups is 1. The van der Waals surface area contributed by atoms with Crippen molar-refractivity contribution < 1.29 is 34.9 Å². The summed E-state index contributed by atoms with van der Waals surface area (Å²) in [6, 6.07) is 0. The highest BCUT2D eigenvalue weighted by atomic mass is 32.3. The molecule has 0 amide bonds. The summed E-state index contributed by atoms with van der Waals surface area (Å²) in [4.78, 5) is 0. The Bertz CT molecular complexity index is 366. The zero-order valence-corrected chi connectivity index (χ0v) is 9.24. The van der Waals surface area contributed by atoms with E-state index in [1.165, 1.54) is 0 Å². The molecule has 0 aromatic rings. The fourth-order valence-electron chi connectivity index (χ4n) is 1.04. The summed E-state index contributed by atoms with van der Waals surface area (Å²) in [6.07, 6.45) is -0.811. The van der Waals surface area contributed by atoms with E-state index < -0.39 is 24.3 Å². The highest BCUT2D eigenvalue weighted by Crippen LogP contribution is 2.52. The second-order valence-corrected chi connectivity index (χ2v) is 5.73. The van der Waals surface area contributed by atoms with Gasteiger partial charge in [-0.05, 0) is 0 Å². The van der Waals surface area contributed by atoms with Gasteiger partial charge >= 0.3 is 18.2 Å². The molecule has 2 fully saturated rings. The van der Waals surface area contributed by atoms with E-state index >= 15 is 0 Å². The number of rotatable bonds is 3. The monoisotopic (exact) mass is 260 g/mol. The van der Waals surface area contributed by atoms with Crippen molar-refractivity contribution in [3.05, 3.63) is 0 Å². The lowest BCUT2D eigenvalue weighted by atomic mass is 10.4. The molecule has 1 atom stereocenters. The molecule has 0 aliphatic carbocycles. The third kappa shape index (κ3) is 2.97. The molecule has 2 aliphatic rings. The molecule has 2 saturated heterocycles. The Labute approximate surface area is 86.3 Å². The SMILES string of the molecule is O=P1(OCC2COS(=O)(=O)O2)OCCO1. The second-order valence-electron chi connectivity index (χ2n) is 2.82. The molecule has 0 aromatic heterocycles. The molecule has 0 saturated carbocycles. The zero-order valence-electron chi connectivity index (χ0n) is 7.53. The van der Waals surface area contributed by atoms with Crippen LogP contribution in [0, 0.1) is 0 Å². The minimum atomic E-state index is -3.91. The normalized spacial score (nSPS) is 33.2. The van der Waals surface area contributed by atoms with Gasteiger partial charge in [0.05, 0.1) is 26.4 Å². The Morgan fingerprint density at radius 2 is 2.00 bits per heavy atom. The molecule has 15 heavy (non-hydrogen) atoms. The summed E-state index contributed by atoms with van der Waals surface area (Å²) in [6.45, 7) is -0.00591. The quantitative estimate of drug-likeness (QED) is 0.644. The average molecular weight is 260 g/mol. The fourth-order valence-corrected chi connectivity index (χ4v) is 3.03. The smallest absolute Gasteiger partial charge is 0.284 e. The van der Waals surface area contributed by atoms with Gasteiger partial charge in [0.1, 0.15) is 6.10 Å². The molecule has 0 aromatic carbocycles. The Kier molecular flexibility index (Phi) is 3.13. The van der Waals surface area contributed by atoms with E-state index in [9.17, 15) is 13.0 Å². The lowest BCUT2D eigenvalue weighted by molar-refractivity contribution is 0.114. The molecule has 2 aliphatic heterocycles. The van der Waals surface area contributed by atoms with Crippen molar-refractivity contribution in [1.29, 1.82) is 0 Å². The van der Waals surface area contributed by atoms with Gasteiger partial charge in [0, 0.05) is 0 Å². The van der Waals surface area contributed by atoms with Crippen molar-refractivity contribution in [3.63, 3.8) is 0 Å². The first kappa shape index (κ1) is 11.5. The van der Waals surface area contributed by atoms with Crippen LogP contribution in [0.2, 0.25) is 0 Å². The summed E-state index contributed by atoms with van der Waals surface area (Å²) >= 11 is 0. The molecule has 0 radical (unpaired) electrons. The predicted octanol–water partition coefficient (Wildman–Crippen LogP) is -0.182. The van der Waals surface area contributed by atoms with Crippen LogP contribution in [-0.4, -0.2) is 40.9 Å². The Morgan fingerprint density at radius 3 is 2.53 bits per heavy atom. The standard InChI is InChI=1S/C5H9O8PS/c6-14(9-1-2-10-14)11-3-5-4-12-15(7,8)13-5/h5H,1-4H2. The van der Waals surface area contributed by atoms with Gasteiger partial charge in [-0.3, -0.25) is 13.6 Å². The number of phosphoric ester groups is 1. The van der Waals surface area contributed by atoms with E-state index in [4.69, 9.17) is 13.6 Å². The molecular formula is C5H9O8PS. The first-order chi connectivity index (χ1) is 6.99. The second kappa shape index (κ2) is 4.10. The third-order valence-corrected chi connectivity index (χ3v) is 4.05. The van der Waals surface area contributed by atoms with E-state index in [0.29, 0.717) is 0 Å². The summed E-state index contributed by atoms with van der Waals surface area (Å²) < 4.78 is 55.8. The van der Waals surface area contributed by atoms with Crippen molar-refractivity contribution >= 4 is 18.2 Å². The first-order valence-corrected chi connectivity index (χ1v) is 6.90. The van der Waals surface area contributed by atoms with Crippen molar-refractivity contribution in [1.82, 2.24) is 0 Å². The van der Waals surface area contributed by atoms with Gasteiger partial charge in [0.25, 0.3) is 0 Å². The van der Waals surface area contributed by atoms with E-state index in [-0.39, 0.29) is 26.4 Å². The summed E-state index contributed by atoms with van der Waals surface area (Å²) in [5.74, 6) is 0. The van der Waals surface area contributed by atoms with Gasteiger partial charge in [-0.25, -0.2) is 12.9 Å².